The van der Waals surface area contributed by atoms with E-state index in [1.165, 1.54) is 4.88 Å². The van der Waals surface area contributed by atoms with Crippen LogP contribution in [0.3, 0.4) is 0 Å². The first-order chi connectivity index (χ1) is 9.24. The highest BCUT2D eigenvalue weighted by molar-refractivity contribution is 7.15. The van der Waals surface area contributed by atoms with E-state index in [0.29, 0.717) is 0 Å². The van der Waals surface area contributed by atoms with Gasteiger partial charge in [-0.2, -0.15) is 0 Å². The summed E-state index contributed by atoms with van der Waals surface area (Å²) in [7, 11) is 0. The van der Waals surface area contributed by atoms with Gasteiger partial charge < -0.3 is 5.11 Å². The summed E-state index contributed by atoms with van der Waals surface area (Å²) in [6, 6.07) is 17.4. The van der Waals surface area contributed by atoms with Gasteiger partial charge in [-0.05, 0) is 31.2 Å². The van der Waals surface area contributed by atoms with Crippen molar-refractivity contribution < 1.29 is 5.11 Å². The quantitative estimate of drug-likeness (QED) is 0.742. The summed E-state index contributed by atoms with van der Waals surface area (Å²) in [5, 5.41) is 10.3. The van der Waals surface area contributed by atoms with Crippen molar-refractivity contribution in [1.82, 2.24) is 4.98 Å². The maximum Gasteiger partial charge on any atom is 0.124 e. The Labute approximate surface area is 116 Å². The predicted octanol–water partition coefficient (Wildman–Crippen LogP) is 4.49. The van der Waals surface area contributed by atoms with E-state index in [1.54, 1.807) is 23.5 Å². The van der Waals surface area contributed by atoms with Gasteiger partial charge in [-0.1, -0.05) is 30.3 Å². The molecule has 0 unspecified atom stereocenters. The SMILES string of the molecule is Cc1sc(-c2ccc(O)cc2)nc1-c1ccccc1. The average molecular weight is 267 g/mol. The van der Waals surface area contributed by atoms with Crippen LogP contribution in [0.4, 0.5) is 0 Å². The first kappa shape index (κ1) is 11.9. The van der Waals surface area contributed by atoms with Crippen LogP contribution in [-0.2, 0) is 0 Å². The minimum atomic E-state index is 0.278. The van der Waals surface area contributed by atoms with Crippen molar-refractivity contribution in [2.24, 2.45) is 0 Å². The number of phenolic OH excluding ortho intramolecular Hbond substituents is 1. The Morgan fingerprint density at radius 3 is 2.26 bits per heavy atom. The number of hydrogen-bond donors (Lipinski definition) is 1. The summed E-state index contributed by atoms with van der Waals surface area (Å²) < 4.78 is 0. The number of aromatic nitrogens is 1. The monoisotopic (exact) mass is 267 g/mol. The van der Waals surface area contributed by atoms with Crippen molar-refractivity contribution >= 4 is 11.3 Å². The summed E-state index contributed by atoms with van der Waals surface area (Å²) in [6.45, 7) is 2.09. The summed E-state index contributed by atoms with van der Waals surface area (Å²) in [4.78, 5) is 5.92. The van der Waals surface area contributed by atoms with Crippen LogP contribution < -0.4 is 0 Å². The van der Waals surface area contributed by atoms with Gasteiger partial charge >= 0.3 is 0 Å². The molecule has 19 heavy (non-hydrogen) atoms. The molecule has 2 aromatic carbocycles. The molecule has 0 aliphatic carbocycles. The van der Waals surface area contributed by atoms with E-state index >= 15 is 0 Å². The molecule has 0 radical (unpaired) electrons. The minimum Gasteiger partial charge on any atom is -0.508 e. The second kappa shape index (κ2) is 4.86. The maximum absolute atomic E-state index is 9.32. The molecule has 0 fully saturated rings. The van der Waals surface area contributed by atoms with Gasteiger partial charge in [-0.15, -0.1) is 11.3 Å². The number of benzene rings is 2. The van der Waals surface area contributed by atoms with Crippen molar-refractivity contribution in [3.05, 3.63) is 59.5 Å². The summed E-state index contributed by atoms with van der Waals surface area (Å²) in [6.07, 6.45) is 0. The lowest BCUT2D eigenvalue weighted by atomic mass is 10.1. The third kappa shape index (κ3) is 2.37. The second-order valence-corrected chi connectivity index (χ2v) is 5.54. The number of rotatable bonds is 2. The standard InChI is InChI=1S/C16H13NOS/c1-11-15(12-5-3-2-4-6-12)17-16(19-11)13-7-9-14(18)10-8-13/h2-10,18H,1H3. The highest BCUT2D eigenvalue weighted by atomic mass is 32.1. The number of thiazole rings is 1. The third-order valence-corrected chi connectivity index (χ3v) is 3.98. The molecule has 0 bridgehead atoms. The van der Waals surface area contributed by atoms with E-state index in [0.717, 1.165) is 21.8 Å². The number of aryl methyl sites for hydroxylation is 1. The van der Waals surface area contributed by atoms with Crippen molar-refractivity contribution in [3.63, 3.8) is 0 Å². The Balaban J connectivity index is 2.04. The van der Waals surface area contributed by atoms with E-state index in [-0.39, 0.29) is 5.75 Å². The van der Waals surface area contributed by atoms with E-state index in [1.807, 2.05) is 30.3 Å². The van der Waals surface area contributed by atoms with E-state index < -0.39 is 0 Å². The third-order valence-electron chi connectivity index (χ3n) is 2.96. The number of hydrogen-bond acceptors (Lipinski definition) is 3. The molecule has 3 aromatic rings. The zero-order valence-corrected chi connectivity index (χ0v) is 11.3. The molecular formula is C16H13NOS. The van der Waals surface area contributed by atoms with Gasteiger partial charge in [0.2, 0.25) is 0 Å². The fourth-order valence-electron chi connectivity index (χ4n) is 1.99. The van der Waals surface area contributed by atoms with Crippen LogP contribution in [0.25, 0.3) is 21.8 Å². The zero-order chi connectivity index (χ0) is 13.2. The topological polar surface area (TPSA) is 33.1 Å². The summed E-state index contributed by atoms with van der Waals surface area (Å²) in [5.41, 5.74) is 3.21. The van der Waals surface area contributed by atoms with Crippen molar-refractivity contribution in [1.29, 1.82) is 0 Å². The molecule has 0 amide bonds. The largest absolute Gasteiger partial charge is 0.508 e. The van der Waals surface area contributed by atoms with Gasteiger partial charge in [0.25, 0.3) is 0 Å². The highest BCUT2D eigenvalue weighted by Crippen LogP contribution is 2.33. The summed E-state index contributed by atoms with van der Waals surface area (Å²) in [5.74, 6) is 0.278. The number of phenols is 1. The molecule has 0 aliphatic rings. The molecule has 0 atom stereocenters. The minimum absolute atomic E-state index is 0.278. The van der Waals surface area contributed by atoms with Crippen molar-refractivity contribution in [2.45, 2.75) is 6.92 Å². The first-order valence-electron chi connectivity index (χ1n) is 6.06. The molecule has 1 aromatic heterocycles. The lowest BCUT2D eigenvalue weighted by Crippen LogP contribution is -1.80. The van der Waals surface area contributed by atoms with Gasteiger partial charge in [0.1, 0.15) is 10.8 Å². The van der Waals surface area contributed by atoms with Crippen molar-refractivity contribution in [2.75, 3.05) is 0 Å². The Kier molecular flexibility index (Phi) is 3.05. The van der Waals surface area contributed by atoms with Gasteiger partial charge in [0.05, 0.1) is 5.69 Å². The normalized spacial score (nSPS) is 10.6. The van der Waals surface area contributed by atoms with E-state index in [2.05, 4.69) is 19.1 Å². The molecule has 0 saturated carbocycles. The van der Waals surface area contributed by atoms with Gasteiger partial charge in [0, 0.05) is 16.0 Å². The lowest BCUT2D eigenvalue weighted by molar-refractivity contribution is 0.475. The fraction of sp³-hybridized carbons (Fsp3) is 0.0625. The molecule has 1 heterocycles. The predicted molar refractivity (Wildman–Crippen MR) is 79.4 cm³/mol. The van der Waals surface area contributed by atoms with E-state index in [9.17, 15) is 5.11 Å². The molecule has 94 valence electrons. The Morgan fingerprint density at radius 1 is 0.895 bits per heavy atom. The Bertz CT molecular complexity index is 687. The fourth-order valence-corrected chi connectivity index (χ4v) is 2.93. The smallest absolute Gasteiger partial charge is 0.124 e. The van der Waals surface area contributed by atoms with Crippen LogP contribution in [0.2, 0.25) is 0 Å². The van der Waals surface area contributed by atoms with Gasteiger partial charge in [-0.25, -0.2) is 4.98 Å². The average Bonchev–Trinajstić information content (AvgIpc) is 2.83. The van der Waals surface area contributed by atoms with Crippen LogP contribution in [0.1, 0.15) is 4.88 Å². The molecule has 0 aliphatic heterocycles. The second-order valence-electron chi connectivity index (χ2n) is 4.34. The molecule has 3 rings (SSSR count). The Morgan fingerprint density at radius 2 is 1.58 bits per heavy atom. The van der Waals surface area contributed by atoms with E-state index in [4.69, 9.17) is 4.98 Å². The van der Waals surface area contributed by atoms with Crippen LogP contribution in [0, 0.1) is 6.92 Å². The maximum atomic E-state index is 9.32. The molecule has 3 heteroatoms. The number of nitrogens with zero attached hydrogens (tertiary/aromatic N) is 1. The molecule has 0 saturated heterocycles. The number of aromatic hydroxyl groups is 1. The summed E-state index contributed by atoms with van der Waals surface area (Å²) >= 11 is 1.68. The van der Waals surface area contributed by atoms with Crippen LogP contribution in [0.5, 0.6) is 5.75 Å². The Hall–Kier alpha value is -2.13. The van der Waals surface area contributed by atoms with Crippen LogP contribution in [0.15, 0.2) is 54.6 Å². The first-order valence-corrected chi connectivity index (χ1v) is 6.88. The van der Waals surface area contributed by atoms with Crippen LogP contribution in [-0.4, -0.2) is 10.1 Å². The van der Waals surface area contributed by atoms with Crippen LogP contribution >= 0.6 is 11.3 Å². The molecule has 0 spiro atoms. The molecule has 2 nitrogen and oxygen atoms in total. The van der Waals surface area contributed by atoms with Gasteiger partial charge in [0.15, 0.2) is 0 Å². The molecule has 1 N–H and O–H groups in total. The van der Waals surface area contributed by atoms with Crippen molar-refractivity contribution in [3.8, 4) is 27.6 Å². The highest BCUT2D eigenvalue weighted by Gasteiger charge is 2.10. The zero-order valence-electron chi connectivity index (χ0n) is 10.5. The molecular weight excluding hydrogens is 254 g/mol. The lowest BCUT2D eigenvalue weighted by Gasteiger charge is -1.97. The van der Waals surface area contributed by atoms with Gasteiger partial charge in [-0.3, -0.25) is 0 Å².